The second kappa shape index (κ2) is 3.73. The average Bonchev–Trinajstić information content (AvgIpc) is 2.88. The van der Waals surface area contributed by atoms with E-state index in [1.807, 2.05) is 0 Å². The maximum atomic E-state index is 11.1. The lowest BCUT2D eigenvalue weighted by molar-refractivity contribution is -0.149. The average molecular weight is 236 g/mol. The first-order chi connectivity index (χ1) is 8.03. The van der Waals surface area contributed by atoms with Crippen molar-refractivity contribution in [3.63, 3.8) is 0 Å². The fraction of sp³-hybridized carbons (Fsp3) is 0.933. The Labute approximate surface area is 104 Å². The van der Waals surface area contributed by atoms with Gasteiger partial charge in [-0.15, -0.1) is 0 Å². The number of carbonyl (C=O) groups excluding carboxylic acids is 1. The fourth-order valence-corrected chi connectivity index (χ4v) is 5.44. The number of hydrogen-bond donors (Lipinski definition) is 0. The van der Waals surface area contributed by atoms with E-state index in [4.69, 9.17) is 4.74 Å². The molecule has 6 atom stereocenters. The summed E-state index contributed by atoms with van der Waals surface area (Å²) >= 11 is 0. The van der Waals surface area contributed by atoms with E-state index in [0.29, 0.717) is 11.3 Å². The molecule has 0 heterocycles. The Hall–Kier alpha value is -0.530. The van der Waals surface area contributed by atoms with Crippen molar-refractivity contribution in [1.29, 1.82) is 0 Å². The van der Waals surface area contributed by atoms with Crippen molar-refractivity contribution in [3.05, 3.63) is 0 Å². The van der Waals surface area contributed by atoms with E-state index in [1.54, 1.807) is 0 Å². The van der Waals surface area contributed by atoms with Crippen LogP contribution in [0.25, 0.3) is 0 Å². The van der Waals surface area contributed by atoms with Crippen molar-refractivity contribution in [3.8, 4) is 0 Å². The molecule has 3 fully saturated rings. The number of esters is 1. The van der Waals surface area contributed by atoms with Gasteiger partial charge in [0.2, 0.25) is 0 Å². The smallest absolute Gasteiger partial charge is 0.302 e. The van der Waals surface area contributed by atoms with Crippen LogP contribution in [0, 0.1) is 29.1 Å². The van der Waals surface area contributed by atoms with Crippen LogP contribution in [0.5, 0.6) is 0 Å². The normalized spacial score (nSPS) is 49.1. The fourth-order valence-electron chi connectivity index (χ4n) is 5.44. The van der Waals surface area contributed by atoms with Gasteiger partial charge in [0.1, 0.15) is 6.10 Å². The van der Waals surface area contributed by atoms with Crippen molar-refractivity contribution >= 4 is 5.97 Å². The molecule has 96 valence electrons. The summed E-state index contributed by atoms with van der Waals surface area (Å²) in [6.45, 7) is 6.07. The summed E-state index contributed by atoms with van der Waals surface area (Å²) in [6, 6.07) is 0. The molecule has 3 saturated carbocycles. The highest BCUT2D eigenvalue weighted by Gasteiger charge is 2.61. The standard InChI is InChI=1S/C15H24O2/c1-9-6-13(10(2)17-11(3)16)14-7-12-4-5-15(9,14)8-12/h9-10,12-14H,4-8H2,1-3H3. The van der Waals surface area contributed by atoms with Crippen LogP contribution in [0.2, 0.25) is 0 Å². The molecule has 0 aromatic heterocycles. The molecule has 0 aromatic carbocycles. The molecule has 0 radical (unpaired) electrons. The molecule has 0 saturated heterocycles. The summed E-state index contributed by atoms with van der Waals surface area (Å²) in [4.78, 5) is 11.1. The molecule has 17 heavy (non-hydrogen) atoms. The van der Waals surface area contributed by atoms with Crippen LogP contribution in [0.4, 0.5) is 0 Å². The van der Waals surface area contributed by atoms with E-state index in [-0.39, 0.29) is 12.1 Å². The Morgan fingerprint density at radius 3 is 2.82 bits per heavy atom. The number of fused-ring (bicyclic) bond motifs is 1. The lowest BCUT2D eigenvalue weighted by Crippen LogP contribution is -2.31. The van der Waals surface area contributed by atoms with Gasteiger partial charge in [-0.25, -0.2) is 0 Å². The van der Waals surface area contributed by atoms with Gasteiger partial charge in [0.05, 0.1) is 0 Å². The summed E-state index contributed by atoms with van der Waals surface area (Å²) in [5, 5.41) is 0. The van der Waals surface area contributed by atoms with Gasteiger partial charge in [0.15, 0.2) is 0 Å². The van der Waals surface area contributed by atoms with Crippen LogP contribution < -0.4 is 0 Å². The van der Waals surface area contributed by atoms with Gasteiger partial charge in [-0.3, -0.25) is 4.79 Å². The Bertz CT molecular complexity index is 338. The molecule has 2 bridgehead atoms. The molecule has 1 spiro atoms. The van der Waals surface area contributed by atoms with Crippen LogP contribution in [-0.2, 0) is 9.53 Å². The molecule has 2 nitrogen and oxygen atoms in total. The van der Waals surface area contributed by atoms with E-state index in [1.165, 1.54) is 39.0 Å². The van der Waals surface area contributed by atoms with Gasteiger partial charge >= 0.3 is 5.97 Å². The highest BCUT2D eigenvalue weighted by molar-refractivity contribution is 5.66. The van der Waals surface area contributed by atoms with Gasteiger partial charge in [0, 0.05) is 6.92 Å². The first-order valence-electron chi connectivity index (χ1n) is 7.20. The highest BCUT2D eigenvalue weighted by atomic mass is 16.5. The molecule has 0 aromatic rings. The second-order valence-corrected chi connectivity index (χ2v) is 6.80. The van der Waals surface area contributed by atoms with Crippen LogP contribution in [0.1, 0.15) is 52.9 Å². The topological polar surface area (TPSA) is 26.3 Å². The molecule has 3 aliphatic rings. The van der Waals surface area contributed by atoms with Crippen LogP contribution in [0.3, 0.4) is 0 Å². The predicted octanol–water partition coefficient (Wildman–Crippen LogP) is 3.40. The zero-order chi connectivity index (χ0) is 12.2. The molecular weight excluding hydrogens is 212 g/mol. The van der Waals surface area contributed by atoms with Gasteiger partial charge in [-0.2, -0.15) is 0 Å². The Morgan fingerprint density at radius 2 is 2.18 bits per heavy atom. The van der Waals surface area contributed by atoms with Crippen molar-refractivity contribution in [2.24, 2.45) is 29.1 Å². The predicted molar refractivity (Wildman–Crippen MR) is 66.4 cm³/mol. The molecule has 3 rings (SSSR count). The molecular formula is C15H24O2. The highest BCUT2D eigenvalue weighted by Crippen LogP contribution is 2.69. The third kappa shape index (κ3) is 1.56. The number of ether oxygens (including phenoxy) is 1. The van der Waals surface area contributed by atoms with E-state index in [2.05, 4.69) is 13.8 Å². The Morgan fingerprint density at radius 1 is 1.41 bits per heavy atom. The summed E-state index contributed by atoms with van der Waals surface area (Å²) < 4.78 is 5.46. The van der Waals surface area contributed by atoms with Gasteiger partial charge in [0.25, 0.3) is 0 Å². The first kappa shape index (κ1) is 11.6. The van der Waals surface area contributed by atoms with Gasteiger partial charge in [-0.05, 0) is 68.1 Å². The SMILES string of the molecule is CC(=O)OC(C)C1CC(C)C23CCC(CC12)C3. The minimum atomic E-state index is -0.116. The zero-order valence-corrected chi connectivity index (χ0v) is 11.2. The lowest BCUT2D eigenvalue weighted by Gasteiger charge is -2.35. The van der Waals surface area contributed by atoms with E-state index < -0.39 is 0 Å². The summed E-state index contributed by atoms with van der Waals surface area (Å²) in [5.74, 6) is 3.16. The minimum absolute atomic E-state index is 0.116. The maximum Gasteiger partial charge on any atom is 0.302 e. The molecule has 3 aliphatic carbocycles. The van der Waals surface area contributed by atoms with Crippen molar-refractivity contribution in [2.45, 2.75) is 59.0 Å². The molecule has 0 N–H and O–H groups in total. The third-order valence-electron chi connectivity index (χ3n) is 6.09. The molecule has 6 unspecified atom stereocenters. The first-order valence-corrected chi connectivity index (χ1v) is 7.20. The zero-order valence-electron chi connectivity index (χ0n) is 11.2. The Balaban J connectivity index is 1.79. The summed E-state index contributed by atoms with van der Waals surface area (Å²) in [7, 11) is 0. The molecule has 0 amide bonds. The Kier molecular flexibility index (Phi) is 2.53. The van der Waals surface area contributed by atoms with E-state index in [0.717, 1.165) is 17.8 Å². The van der Waals surface area contributed by atoms with Gasteiger partial charge < -0.3 is 4.74 Å². The molecule has 2 heteroatoms. The number of carbonyl (C=O) groups is 1. The monoisotopic (exact) mass is 236 g/mol. The van der Waals surface area contributed by atoms with Crippen LogP contribution in [0.15, 0.2) is 0 Å². The molecule has 0 aliphatic heterocycles. The summed E-state index contributed by atoms with van der Waals surface area (Å²) in [6.07, 6.45) is 7.15. The number of hydrogen-bond acceptors (Lipinski definition) is 2. The van der Waals surface area contributed by atoms with Crippen molar-refractivity contribution in [1.82, 2.24) is 0 Å². The maximum absolute atomic E-state index is 11.1. The largest absolute Gasteiger partial charge is 0.463 e. The number of rotatable bonds is 2. The van der Waals surface area contributed by atoms with E-state index in [9.17, 15) is 4.79 Å². The second-order valence-electron chi connectivity index (χ2n) is 6.80. The van der Waals surface area contributed by atoms with Crippen molar-refractivity contribution in [2.75, 3.05) is 0 Å². The van der Waals surface area contributed by atoms with Crippen LogP contribution >= 0.6 is 0 Å². The minimum Gasteiger partial charge on any atom is -0.463 e. The quantitative estimate of drug-likeness (QED) is 0.687. The van der Waals surface area contributed by atoms with E-state index >= 15 is 0 Å². The lowest BCUT2D eigenvalue weighted by atomic mass is 9.71. The van der Waals surface area contributed by atoms with Crippen LogP contribution in [-0.4, -0.2) is 12.1 Å². The summed E-state index contributed by atoms with van der Waals surface area (Å²) in [5.41, 5.74) is 0.629. The van der Waals surface area contributed by atoms with Gasteiger partial charge in [-0.1, -0.05) is 6.92 Å². The third-order valence-corrected chi connectivity index (χ3v) is 6.09. The van der Waals surface area contributed by atoms with Crippen molar-refractivity contribution < 1.29 is 9.53 Å².